The predicted molar refractivity (Wildman–Crippen MR) is 148 cm³/mol. The highest BCUT2D eigenvalue weighted by molar-refractivity contribution is 5.95. The lowest BCUT2D eigenvalue weighted by Gasteiger charge is -2.46. The van der Waals surface area contributed by atoms with Crippen LogP contribution in [0.2, 0.25) is 0 Å². The molecule has 0 N–H and O–H groups in total. The molecule has 5 rings (SSSR count). The fourth-order valence-electron chi connectivity index (χ4n) is 6.08. The van der Waals surface area contributed by atoms with Gasteiger partial charge in [-0.25, -0.2) is 0 Å². The van der Waals surface area contributed by atoms with Gasteiger partial charge in [0.1, 0.15) is 0 Å². The molecule has 3 aromatic carbocycles. The Labute approximate surface area is 241 Å². The van der Waals surface area contributed by atoms with E-state index in [9.17, 15) is 31.1 Å². The van der Waals surface area contributed by atoms with Gasteiger partial charge in [0.25, 0.3) is 5.91 Å². The Morgan fingerprint density at radius 3 is 1.81 bits per heavy atom. The molecule has 2 fully saturated rings. The van der Waals surface area contributed by atoms with E-state index >= 15 is 0 Å². The quantitative estimate of drug-likeness (QED) is 0.298. The summed E-state index contributed by atoms with van der Waals surface area (Å²) < 4.78 is 81.1. The van der Waals surface area contributed by atoms with Crippen molar-refractivity contribution >= 4 is 5.91 Å². The van der Waals surface area contributed by atoms with Crippen LogP contribution in [0.5, 0.6) is 0 Å². The standard InChI is InChI=1S/C32H33F6N3O/c33-31(34,35)26-18-25(19-27(20-26)32(36,37)38)30(42)41-12-11-28(21-29(41)17-23-7-3-1-4-8-23)40-15-13-39(14-16-40)22-24-9-5-2-6-10-24/h1-10,18-20,28-29H,11-17,21-22H2/t28-,29-/m0/s1. The molecule has 4 nitrogen and oxygen atoms in total. The number of hydrogen-bond donors (Lipinski definition) is 0. The van der Waals surface area contributed by atoms with Crippen molar-refractivity contribution in [1.29, 1.82) is 0 Å². The molecule has 3 aromatic rings. The first-order chi connectivity index (χ1) is 20.0. The topological polar surface area (TPSA) is 26.8 Å². The number of carbonyl (C=O) groups excluding carboxylic acids is 1. The van der Waals surface area contributed by atoms with Crippen molar-refractivity contribution in [1.82, 2.24) is 14.7 Å². The zero-order valence-electron chi connectivity index (χ0n) is 23.0. The SMILES string of the molecule is O=C(c1cc(C(F)(F)F)cc(C(F)(F)F)c1)N1CC[C@H](N2CCN(Cc3ccccc3)CC2)C[C@@H]1Cc1ccccc1. The highest BCUT2D eigenvalue weighted by Crippen LogP contribution is 2.37. The van der Waals surface area contributed by atoms with Crippen molar-refractivity contribution in [3.8, 4) is 0 Å². The molecule has 0 radical (unpaired) electrons. The number of rotatable bonds is 6. The molecule has 0 unspecified atom stereocenters. The highest BCUT2D eigenvalue weighted by atomic mass is 19.4. The average Bonchev–Trinajstić information content (AvgIpc) is 2.97. The molecule has 2 saturated heterocycles. The molecular formula is C32H33F6N3O. The number of piperidine rings is 1. The molecule has 10 heteroatoms. The van der Waals surface area contributed by atoms with Crippen LogP contribution in [-0.2, 0) is 25.3 Å². The van der Waals surface area contributed by atoms with Crippen LogP contribution in [0.1, 0.15) is 45.5 Å². The molecule has 224 valence electrons. The number of amides is 1. The number of piperazine rings is 1. The number of carbonyl (C=O) groups is 1. The molecule has 0 aliphatic carbocycles. The average molecular weight is 590 g/mol. The largest absolute Gasteiger partial charge is 0.416 e. The molecule has 0 bridgehead atoms. The van der Waals surface area contributed by atoms with Crippen LogP contribution >= 0.6 is 0 Å². The lowest BCUT2D eigenvalue weighted by molar-refractivity contribution is -0.143. The maximum Gasteiger partial charge on any atom is 0.416 e. The first-order valence-corrected chi connectivity index (χ1v) is 14.1. The smallest absolute Gasteiger partial charge is 0.335 e. The number of nitrogens with zero attached hydrogens (tertiary/aromatic N) is 3. The Morgan fingerprint density at radius 2 is 1.26 bits per heavy atom. The van der Waals surface area contributed by atoms with Crippen LogP contribution in [0, 0.1) is 0 Å². The summed E-state index contributed by atoms with van der Waals surface area (Å²) in [5.41, 5.74) is -1.35. The van der Waals surface area contributed by atoms with Crippen molar-refractivity contribution in [2.75, 3.05) is 32.7 Å². The van der Waals surface area contributed by atoms with Gasteiger partial charge in [-0.1, -0.05) is 60.7 Å². The fourth-order valence-corrected chi connectivity index (χ4v) is 6.08. The van der Waals surface area contributed by atoms with E-state index in [1.165, 1.54) is 10.5 Å². The molecular weight excluding hydrogens is 556 g/mol. The maximum absolute atomic E-state index is 13.6. The summed E-state index contributed by atoms with van der Waals surface area (Å²) in [5.74, 6) is -0.807. The third kappa shape index (κ3) is 7.33. The minimum Gasteiger partial charge on any atom is -0.335 e. The summed E-state index contributed by atoms with van der Waals surface area (Å²) in [4.78, 5) is 19.9. The highest BCUT2D eigenvalue weighted by Gasteiger charge is 2.40. The third-order valence-corrected chi connectivity index (χ3v) is 8.27. The van der Waals surface area contributed by atoms with E-state index in [4.69, 9.17) is 0 Å². The van der Waals surface area contributed by atoms with Gasteiger partial charge in [-0.15, -0.1) is 0 Å². The Hall–Kier alpha value is -3.37. The molecule has 2 aliphatic rings. The zero-order valence-corrected chi connectivity index (χ0v) is 23.0. The summed E-state index contributed by atoms with van der Waals surface area (Å²) in [6.45, 7) is 4.61. The van der Waals surface area contributed by atoms with Gasteiger partial charge in [0.05, 0.1) is 11.1 Å². The molecule has 42 heavy (non-hydrogen) atoms. The second-order valence-electron chi connectivity index (χ2n) is 11.1. The molecule has 0 aromatic heterocycles. The van der Waals surface area contributed by atoms with Gasteiger partial charge in [-0.05, 0) is 48.6 Å². The minimum absolute atomic E-state index is 0.0574. The van der Waals surface area contributed by atoms with Gasteiger partial charge in [-0.3, -0.25) is 14.6 Å². The lowest BCUT2D eigenvalue weighted by atomic mass is 9.90. The Bertz CT molecular complexity index is 1310. The van der Waals surface area contributed by atoms with Gasteiger partial charge in [-0.2, -0.15) is 26.3 Å². The number of benzene rings is 3. The molecule has 1 amide bonds. The predicted octanol–water partition coefficient (Wildman–Crippen LogP) is 6.76. The van der Waals surface area contributed by atoms with Gasteiger partial charge in [0, 0.05) is 56.9 Å². The van der Waals surface area contributed by atoms with E-state index in [2.05, 4.69) is 21.9 Å². The summed E-state index contributed by atoms with van der Waals surface area (Å²) in [6, 6.07) is 20.6. The van der Waals surface area contributed by atoms with Crippen LogP contribution in [-0.4, -0.2) is 65.4 Å². The van der Waals surface area contributed by atoms with Crippen LogP contribution in [0.25, 0.3) is 0 Å². The third-order valence-electron chi connectivity index (χ3n) is 8.27. The van der Waals surface area contributed by atoms with Crippen LogP contribution in [0.3, 0.4) is 0 Å². The number of likely N-dealkylation sites (tertiary alicyclic amines) is 1. The minimum atomic E-state index is -5.02. The second-order valence-corrected chi connectivity index (χ2v) is 11.1. The van der Waals surface area contributed by atoms with Gasteiger partial charge >= 0.3 is 12.4 Å². The van der Waals surface area contributed by atoms with Crippen LogP contribution < -0.4 is 0 Å². The van der Waals surface area contributed by atoms with Crippen molar-refractivity contribution in [2.45, 2.75) is 50.2 Å². The van der Waals surface area contributed by atoms with Crippen LogP contribution in [0.15, 0.2) is 78.9 Å². The van der Waals surface area contributed by atoms with E-state index in [1.54, 1.807) is 0 Å². The van der Waals surface area contributed by atoms with Crippen molar-refractivity contribution < 1.29 is 31.1 Å². The van der Waals surface area contributed by atoms with Crippen LogP contribution in [0.4, 0.5) is 26.3 Å². The van der Waals surface area contributed by atoms with Gasteiger partial charge in [0.2, 0.25) is 0 Å². The Morgan fingerprint density at radius 1 is 0.714 bits per heavy atom. The second kappa shape index (κ2) is 12.5. The number of alkyl halides is 6. The van der Waals surface area contributed by atoms with Crippen molar-refractivity contribution in [2.24, 2.45) is 0 Å². The first kappa shape index (κ1) is 30.1. The number of halogens is 6. The van der Waals surface area contributed by atoms with Gasteiger partial charge in [0.15, 0.2) is 0 Å². The van der Waals surface area contributed by atoms with E-state index in [0.29, 0.717) is 31.4 Å². The number of hydrogen-bond acceptors (Lipinski definition) is 3. The molecule has 2 atom stereocenters. The van der Waals surface area contributed by atoms with E-state index in [1.807, 2.05) is 48.5 Å². The summed E-state index contributed by atoms with van der Waals surface area (Å²) in [5, 5.41) is 0. The Balaban J connectivity index is 1.34. The molecule has 2 heterocycles. The lowest BCUT2D eigenvalue weighted by Crippen LogP contribution is -2.56. The van der Waals surface area contributed by atoms with Crippen molar-refractivity contribution in [3.63, 3.8) is 0 Å². The summed E-state index contributed by atoms with van der Waals surface area (Å²) in [7, 11) is 0. The van der Waals surface area contributed by atoms with E-state index in [-0.39, 0.29) is 24.7 Å². The van der Waals surface area contributed by atoms with Gasteiger partial charge < -0.3 is 4.90 Å². The summed E-state index contributed by atoms with van der Waals surface area (Å²) >= 11 is 0. The van der Waals surface area contributed by atoms with E-state index < -0.39 is 35.0 Å². The maximum atomic E-state index is 13.6. The first-order valence-electron chi connectivity index (χ1n) is 14.1. The van der Waals surface area contributed by atoms with Crippen molar-refractivity contribution in [3.05, 3.63) is 107 Å². The fraction of sp³-hybridized carbons (Fsp3) is 0.406. The molecule has 0 saturated carbocycles. The zero-order chi connectivity index (χ0) is 29.9. The monoisotopic (exact) mass is 589 g/mol. The Kier molecular flexibility index (Phi) is 8.94. The molecule has 0 spiro atoms. The van der Waals surface area contributed by atoms with E-state index in [0.717, 1.165) is 38.3 Å². The molecule has 2 aliphatic heterocycles. The summed E-state index contributed by atoms with van der Waals surface area (Å²) in [6.07, 6.45) is -8.39. The normalized spacial score (nSPS) is 21.0.